The zero-order valence-electron chi connectivity index (χ0n) is 11.2. The van der Waals surface area contributed by atoms with Crippen molar-refractivity contribution >= 4 is 18.3 Å². The second kappa shape index (κ2) is 6.81. The number of benzene rings is 1. The monoisotopic (exact) mass is 298 g/mol. The van der Waals surface area contributed by atoms with Crippen LogP contribution < -0.4 is 20.1 Å². The molecule has 3 rings (SSSR count). The summed E-state index contributed by atoms with van der Waals surface area (Å²) in [5, 5.41) is 6.20. The third-order valence-electron chi connectivity index (χ3n) is 3.56. The van der Waals surface area contributed by atoms with E-state index in [0.717, 1.165) is 42.9 Å². The molecule has 20 heavy (non-hydrogen) atoms. The average Bonchev–Trinajstić information content (AvgIpc) is 2.94. The standard InChI is InChI=1S/C14H18N2O3.ClH/c17-14(11-5-1-2-7-15-11)16-8-10-4-3-6-12-13(10)19-9-18-12;/h3-4,6,11,15H,1-2,5,7-9H2,(H,16,17);1H/t11-;/m1./s1. The zero-order chi connectivity index (χ0) is 13.1. The van der Waals surface area contributed by atoms with Gasteiger partial charge in [0.15, 0.2) is 11.5 Å². The lowest BCUT2D eigenvalue weighted by Gasteiger charge is -2.22. The van der Waals surface area contributed by atoms with Gasteiger partial charge in [-0.15, -0.1) is 12.4 Å². The van der Waals surface area contributed by atoms with Crippen molar-refractivity contribution in [2.75, 3.05) is 13.3 Å². The molecule has 1 atom stereocenters. The van der Waals surface area contributed by atoms with Gasteiger partial charge in [-0.3, -0.25) is 4.79 Å². The van der Waals surface area contributed by atoms with Crippen molar-refractivity contribution in [2.45, 2.75) is 31.8 Å². The number of halogens is 1. The van der Waals surface area contributed by atoms with E-state index < -0.39 is 0 Å². The van der Waals surface area contributed by atoms with Crippen molar-refractivity contribution < 1.29 is 14.3 Å². The highest BCUT2D eigenvalue weighted by Crippen LogP contribution is 2.35. The first-order valence-corrected chi connectivity index (χ1v) is 6.73. The first-order chi connectivity index (χ1) is 9.34. The van der Waals surface area contributed by atoms with E-state index in [4.69, 9.17) is 9.47 Å². The highest BCUT2D eigenvalue weighted by molar-refractivity contribution is 5.85. The normalized spacial score (nSPS) is 20.1. The highest BCUT2D eigenvalue weighted by atomic mass is 35.5. The summed E-state index contributed by atoms with van der Waals surface area (Å²) in [6, 6.07) is 5.68. The number of rotatable bonds is 3. The second-order valence-electron chi connectivity index (χ2n) is 4.87. The van der Waals surface area contributed by atoms with Gasteiger partial charge in [-0.05, 0) is 25.5 Å². The van der Waals surface area contributed by atoms with E-state index in [9.17, 15) is 4.79 Å². The van der Waals surface area contributed by atoms with Gasteiger partial charge in [-0.1, -0.05) is 18.6 Å². The molecule has 110 valence electrons. The second-order valence-corrected chi connectivity index (χ2v) is 4.87. The Morgan fingerprint density at radius 1 is 1.35 bits per heavy atom. The minimum Gasteiger partial charge on any atom is -0.454 e. The molecule has 1 aromatic carbocycles. The molecule has 5 nitrogen and oxygen atoms in total. The predicted octanol–water partition coefficient (Wildman–Crippen LogP) is 1.60. The molecule has 2 heterocycles. The number of piperidine rings is 1. The van der Waals surface area contributed by atoms with E-state index in [0.29, 0.717) is 6.54 Å². The van der Waals surface area contributed by atoms with Crippen LogP contribution in [0.2, 0.25) is 0 Å². The summed E-state index contributed by atoms with van der Waals surface area (Å²) >= 11 is 0. The predicted molar refractivity (Wildman–Crippen MR) is 77.3 cm³/mol. The van der Waals surface area contributed by atoms with Gasteiger partial charge < -0.3 is 20.1 Å². The maximum absolute atomic E-state index is 12.0. The number of hydrogen-bond donors (Lipinski definition) is 2. The molecular formula is C14H19ClN2O3. The summed E-state index contributed by atoms with van der Waals surface area (Å²) < 4.78 is 10.7. The van der Waals surface area contributed by atoms with E-state index in [-0.39, 0.29) is 31.1 Å². The van der Waals surface area contributed by atoms with Crippen molar-refractivity contribution in [3.8, 4) is 11.5 Å². The smallest absolute Gasteiger partial charge is 0.237 e. The summed E-state index contributed by atoms with van der Waals surface area (Å²) in [7, 11) is 0. The highest BCUT2D eigenvalue weighted by Gasteiger charge is 2.21. The van der Waals surface area contributed by atoms with Gasteiger partial charge in [-0.2, -0.15) is 0 Å². The van der Waals surface area contributed by atoms with Crippen LogP contribution in [0.3, 0.4) is 0 Å². The fourth-order valence-corrected chi connectivity index (χ4v) is 2.51. The van der Waals surface area contributed by atoms with Gasteiger partial charge in [0, 0.05) is 12.1 Å². The number of amides is 1. The fraction of sp³-hybridized carbons (Fsp3) is 0.500. The van der Waals surface area contributed by atoms with Crippen molar-refractivity contribution in [1.29, 1.82) is 0 Å². The number of carbonyl (C=O) groups excluding carboxylic acids is 1. The lowest BCUT2D eigenvalue weighted by molar-refractivity contribution is -0.123. The Kier molecular flexibility index (Phi) is 5.09. The van der Waals surface area contributed by atoms with E-state index >= 15 is 0 Å². The van der Waals surface area contributed by atoms with Gasteiger partial charge in [0.25, 0.3) is 0 Å². The van der Waals surface area contributed by atoms with E-state index in [1.54, 1.807) is 0 Å². The third kappa shape index (κ3) is 3.16. The Labute approximate surface area is 124 Å². The Hall–Kier alpha value is -1.46. The van der Waals surface area contributed by atoms with Crippen LogP contribution in [0, 0.1) is 0 Å². The minimum atomic E-state index is -0.0531. The summed E-state index contributed by atoms with van der Waals surface area (Å²) in [6.07, 6.45) is 3.18. The Morgan fingerprint density at radius 3 is 3.05 bits per heavy atom. The number of nitrogens with one attached hydrogen (secondary N) is 2. The van der Waals surface area contributed by atoms with Crippen molar-refractivity contribution in [1.82, 2.24) is 10.6 Å². The van der Waals surface area contributed by atoms with Crippen molar-refractivity contribution in [3.05, 3.63) is 23.8 Å². The average molecular weight is 299 g/mol. The molecule has 1 saturated heterocycles. The Balaban J connectivity index is 0.00000147. The quantitative estimate of drug-likeness (QED) is 0.890. The number of fused-ring (bicyclic) bond motifs is 1. The zero-order valence-corrected chi connectivity index (χ0v) is 12.0. The van der Waals surface area contributed by atoms with Gasteiger partial charge in [0.2, 0.25) is 12.7 Å². The Bertz CT molecular complexity index is 475. The maximum Gasteiger partial charge on any atom is 0.237 e. The largest absolute Gasteiger partial charge is 0.454 e. The van der Waals surface area contributed by atoms with E-state index in [2.05, 4.69) is 10.6 Å². The van der Waals surface area contributed by atoms with Crippen LogP contribution in [0.15, 0.2) is 18.2 Å². The van der Waals surface area contributed by atoms with Gasteiger partial charge >= 0.3 is 0 Å². The molecule has 1 fully saturated rings. The van der Waals surface area contributed by atoms with Crippen LogP contribution in [-0.2, 0) is 11.3 Å². The molecule has 1 aromatic rings. The van der Waals surface area contributed by atoms with Crippen LogP contribution >= 0.6 is 12.4 Å². The topological polar surface area (TPSA) is 59.6 Å². The number of para-hydroxylation sites is 1. The van der Waals surface area contributed by atoms with Crippen LogP contribution in [0.5, 0.6) is 11.5 Å². The lowest BCUT2D eigenvalue weighted by Crippen LogP contribution is -2.46. The summed E-state index contributed by atoms with van der Waals surface area (Å²) in [5.41, 5.74) is 0.958. The summed E-state index contributed by atoms with van der Waals surface area (Å²) in [5.74, 6) is 1.57. The molecule has 0 bridgehead atoms. The van der Waals surface area contributed by atoms with Crippen molar-refractivity contribution in [3.63, 3.8) is 0 Å². The molecule has 0 unspecified atom stereocenters. The maximum atomic E-state index is 12.0. The first kappa shape index (κ1) is 14.9. The molecule has 2 N–H and O–H groups in total. The van der Waals surface area contributed by atoms with Crippen LogP contribution in [0.1, 0.15) is 24.8 Å². The minimum absolute atomic E-state index is 0. The number of carbonyl (C=O) groups is 1. The molecule has 2 aliphatic heterocycles. The van der Waals surface area contributed by atoms with Crippen molar-refractivity contribution in [2.24, 2.45) is 0 Å². The molecule has 2 aliphatic rings. The molecule has 1 amide bonds. The number of hydrogen-bond acceptors (Lipinski definition) is 4. The molecule has 0 aromatic heterocycles. The molecule has 6 heteroatoms. The van der Waals surface area contributed by atoms with Crippen LogP contribution in [0.25, 0.3) is 0 Å². The lowest BCUT2D eigenvalue weighted by atomic mass is 10.0. The number of ether oxygens (including phenoxy) is 2. The summed E-state index contributed by atoms with van der Waals surface area (Å²) in [4.78, 5) is 12.0. The Morgan fingerprint density at radius 2 is 2.25 bits per heavy atom. The third-order valence-corrected chi connectivity index (χ3v) is 3.56. The van der Waals surface area contributed by atoms with E-state index in [1.165, 1.54) is 0 Å². The van der Waals surface area contributed by atoms with Crippen LogP contribution in [0.4, 0.5) is 0 Å². The molecule has 0 radical (unpaired) electrons. The molecule has 0 saturated carbocycles. The first-order valence-electron chi connectivity index (χ1n) is 6.73. The van der Waals surface area contributed by atoms with E-state index in [1.807, 2.05) is 18.2 Å². The van der Waals surface area contributed by atoms with Gasteiger partial charge in [-0.25, -0.2) is 0 Å². The fourth-order valence-electron chi connectivity index (χ4n) is 2.51. The van der Waals surface area contributed by atoms with Crippen LogP contribution in [-0.4, -0.2) is 25.3 Å². The summed E-state index contributed by atoms with van der Waals surface area (Å²) in [6.45, 7) is 1.66. The van der Waals surface area contributed by atoms with Gasteiger partial charge in [0.05, 0.1) is 6.04 Å². The SMILES string of the molecule is Cl.O=C(NCc1cccc2c1OCO2)[C@H]1CCCCN1. The molecule has 0 spiro atoms. The van der Waals surface area contributed by atoms with Gasteiger partial charge in [0.1, 0.15) is 0 Å². The molecule has 0 aliphatic carbocycles. The molecular weight excluding hydrogens is 280 g/mol.